The van der Waals surface area contributed by atoms with Crippen molar-refractivity contribution in [1.82, 2.24) is 18.9 Å². The molecule has 0 saturated heterocycles. The zero-order chi connectivity index (χ0) is 17.8. The maximum Gasteiger partial charge on any atom is 0.243 e. The van der Waals surface area contributed by atoms with Crippen LogP contribution in [0.3, 0.4) is 0 Å². The standard InChI is InChI=1S/C17H17ClN4O2S/c1-11-3-4-14(18)8-16(11)25(23,24)21-6-5-15-13(10-21)9-19-17-7-12(2)20-22(15)17/h3-4,7-9H,5-6,10H2,1-2H3. The minimum absolute atomic E-state index is 0.257. The van der Waals surface area contributed by atoms with E-state index in [0.717, 1.165) is 22.6 Å². The molecule has 0 saturated carbocycles. The van der Waals surface area contributed by atoms with Gasteiger partial charge in [0, 0.05) is 42.4 Å². The second kappa shape index (κ2) is 5.79. The van der Waals surface area contributed by atoms with Gasteiger partial charge >= 0.3 is 0 Å². The molecule has 0 atom stereocenters. The van der Waals surface area contributed by atoms with Gasteiger partial charge in [0.25, 0.3) is 0 Å². The van der Waals surface area contributed by atoms with Crippen LogP contribution in [0, 0.1) is 13.8 Å². The molecule has 8 heteroatoms. The van der Waals surface area contributed by atoms with Gasteiger partial charge < -0.3 is 0 Å². The average molecular weight is 377 g/mol. The Balaban J connectivity index is 1.75. The quantitative estimate of drug-likeness (QED) is 0.689. The van der Waals surface area contributed by atoms with Crippen molar-refractivity contribution >= 4 is 27.3 Å². The van der Waals surface area contributed by atoms with Gasteiger partial charge in [-0.15, -0.1) is 0 Å². The fourth-order valence-electron chi connectivity index (χ4n) is 3.23. The number of rotatable bonds is 2. The van der Waals surface area contributed by atoms with E-state index >= 15 is 0 Å². The lowest BCUT2D eigenvalue weighted by Gasteiger charge is -2.28. The lowest BCUT2D eigenvalue weighted by molar-refractivity contribution is 0.384. The maximum absolute atomic E-state index is 13.1. The predicted molar refractivity (Wildman–Crippen MR) is 95.2 cm³/mol. The molecule has 3 heterocycles. The number of aromatic nitrogens is 3. The average Bonchev–Trinajstić information content (AvgIpc) is 2.97. The molecule has 25 heavy (non-hydrogen) atoms. The highest BCUT2D eigenvalue weighted by atomic mass is 35.5. The van der Waals surface area contributed by atoms with E-state index < -0.39 is 10.0 Å². The van der Waals surface area contributed by atoms with Crippen molar-refractivity contribution in [2.24, 2.45) is 0 Å². The number of hydrogen-bond acceptors (Lipinski definition) is 4. The van der Waals surface area contributed by atoms with Gasteiger partial charge in [0.15, 0.2) is 5.65 Å². The molecular weight excluding hydrogens is 360 g/mol. The van der Waals surface area contributed by atoms with Gasteiger partial charge in [-0.25, -0.2) is 17.9 Å². The lowest BCUT2D eigenvalue weighted by Crippen LogP contribution is -2.37. The first-order chi connectivity index (χ1) is 11.9. The molecule has 1 aliphatic rings. The van der Waals surface area contributed by atoms with Gasteiger partial charge in [0.1, 0.15) is 0 Å². The summed E-state index contributed by atoms with van der Waals surface area (Å²) in [5.41, 5.74) is 4.27. The van der Waals surface area contributed by atoms with Crippen molar-refractivity contribution in [2.45, 2.75) is 31.7 Å². The second-order valence-electron chi connectivity index (χ2n) is 6.28. The highest BCUT2D eigenvalue weighted by Gasteiger charge is 2.31. The zero-order valence-corrected chi connectivity index (χ0v) is 15.5. The summed E-state index contributed by atoms with van der Waals surface area (Å²) in [4.78, 5) is 4.65. The Kier molecular flexibility index (Phi) is 3.82. The number of aryl methyl sites for hydroxylation is 2. The zero-order valence-electron chi connectivity index (χ0n) is 13.9. The molecule has 0 bridgehead atoms. The first-order valence-electron chi connectivity index (χ1n) is 7.96. The van der Waals surface area contributed by atoms with Crippen molar-refractivity contribution in [3.63, 3.8) is 0 Å². The van der Waals surface area contributed by atoms with Crippen LogP contribution in [0.2, 0.25) is 5.02 Å². The third-order valence-electron chi connectivity index (χ3n) is 4.50. The molecule has 130 valence electrons. The van der Waals surface area contributed by atoms with Crippen molar-refractivity contribution in [3.8, 4) is 0 Å². The third-order valence-corrected chi connectivity index (χ3v) is 6.73. The van der Waals surface area contributed by atoms with Crippen LogP contribution >= 0.6 is 11.6 Å². The van der Waals surface area contributed by atoms with Gasteiger partial charge in [-0.3, -0.25) is 0 Å². The maximum atomic E-state index is 13.1. The summed E-state index contributed by atoms with van der Waals surface area (Å²) in [5.74, 6) is 0. The molecule has 4 rings (SSSR count). The number of nitrogens with zero attached hydrogens (tertiary/aromatic N) is 4. The van der Waals surface area contributed by atoms with Crippen molar-refractivity contribution in [3.05, 3.63) is 58.0 Å². The molecule has 0 amide bonds. The molecule has 0 aliphatic carbocycles. The highest BCUT2D eigenvalue weighted by molar-refractivity contribution is 7.89. The summed E-state index contributed by atoms with van der Waals surface area (Å²) in [7, 11) is -3.61. The number of hydrogen-bond donors (Lipinski definition) is 0. The first kappa shape index (κ1) is 16.5. The third kappa shape index (κ3) is 2.72. The largest absolute Gasteiger partial charge is 0.243 e. The Morgan fingerprint density at radius 3 is 2.80 bits per heavy atom. The highest BCUT2D eigenvalue weighted by Crippen LogP contribution is 2.28. The topological polar surface area (TPSA) is 67.6 Å². The number of fused-ring (bicyclic) bond motifs is 3. The summed E-state index contributed by atoms with van der Waals surface area (Å²) in [5, 5.41) is 4.88. The Morgan fingerprint density at radius 2 is 2.00 bits per heavy atom. The van der Waals surface area contributed by atoms with Gasteiger partial charge in [-0.2, -0.15) is 9.40 Å². The van der Waals surface area contributed by atoms with Crippen LogP contribution in [0.4, 0.5) is 0 Å². The van der Waals surface area contributed by atoms with Gasteiger partial charge in [-0.1, -0.05) is 17.7 Å². The Bertz CT molecular complexity index is 1090. The predicted octanol–water partition coefficient (Wildman–Crippen LogP) is 2.75. The molecule has 3 aromatic rings. The van der Waals surface area contributed by atoms with E-state index in [1.54, 1.807) is 25.3 Å². The fraction of sp³-hybridized carbons (Fsp3) is 0.294. The minimum Gasteiger partial charge on any atom is -0.237 e. The van der Waals surface area contributed by atoms with Crippen LogP contribution in [-0.4, -0.2) is 33.9 Å². The van der Waals surface area contributed by atoms with Crippen molar-refractivity contribution < 1.29 is 8.42 Å². The summed E-state index contributed by atoms with van der Waals surface area (Å²) in [6.45, 7) is 4.38. The molecule has 0 unspecified atom stereocenters. The van der Waals surface area contributed by atoms with Gasteiger partial charge in [0.2, 0.25) is 10.0 Å². The van der Waals surface area contributed by atoms with Crippen LogP contribution in [-0.2, 0) is 23.0 Å². The number of benzene rings is 1. The van der Waals surface area contributed by atoms with E-state index in [4.69, 9.17) is 11.6 Å². The Labute approximate surface area is 151 Å². The second-order valence-corrected chi connectivity index (χ2v) is 8.63. The molecule has 0 N–H and O–H groups in total. The van der Waals surface area contributed by atoms with Crippen LogP contribution in [0.1, 0.15) is 22.5 Å². The summed E-state index contributed by atoms with van der Waals surface area (Å²) >= 11 is 6.01. The smallest absolute Gasteiger partial charge is 0.237 e. The normalized spacial score (nSPS) is 15.5. The first-order valence-corrected chi connectivity index (χ1v) is 9.77. The minimum atomic E-state index is -3.61. The Morgan fingerprint density at radius 1 is 1.20 bits per heavy atom. The summed E-state index contributed by atoms with van der Waals surface area (Å²) in [6.07, 6.45) is 2.34. The SMILES string of the molecule is Cc1cc2ncc3c(n2n1)CCN(S(=O)(=O)c1cc(Cl)ccc1C)C3. The molecular formula is C17H17ClN4O2S. The van der Waals surface area contributed by atoms with E-state index in [9.17, 15) is 8.42 Å². The Hall–Kier alpha value is -1.96. The summed E-state index contributed by atoms with van der Waals surface area (Å²) in [6, 6.07) is 6.85. The van der Waals surface area contributed by atoms with Crippen molar-refractivity contribution in [2.75, 3.05) is 6.54 Å². The van der Waals surface area contributed by atoms with E-state index in [2.05, 4.69) is 10.1 Å². The number of sulfonamides is 1. The molecule has 0 radical (unpaired) electrons. The molecule has 0 fully saturated rings. The fourth-order valence-corrected chi connectivity index (χ4v) is 5.13. The van der Waals surface area contributed by atoms with E-state index in [1.165, 1.54) is 10.4 Å². The monoisotopic (exact) mass is 376 g/mol. The van der Waals surface area contributed by atoms with E-state index in [-0.39, 0.29) is 11.4 Å². The molecule has 6 nitrogen and oxygen atoms in total. The van der Waals surface area contributed by atoms with E-state index in [1.807, 2.05) is 17.5 Å². The van der Waals surface area contributed by atoms with Gasteiger partial charge in [0.05, 0.1) is 16.3 Å². The summed E-state index contributed by atoms with van der Waals surface area (Å²) < 4.78 is 29.4. The van der Waals surface area contributed by atoms with Gasteiger partial charge in [-0.05, 0) is 31.5 Å². The lowest BCUT2D eigenvalue weighted by atomic mass is 10.1. The van der Waals surface area contributed by atoms with Crippen LogP contribution in [0.5, 0.6) is 0 Å². The molecule has 1 aromatic carbocycles. The molecule has 1 aliphatic heterocycles. The van der Waals surface area contributed by atoms with Crippen LogP contribution in [0.15, 0.2) is 35.4 Å². The van der Waals surface area contributed by atoms with Crippen LogP contribution < -0.4 is 0 Å². The van der Waals surface area contributed by atoms with Crippen molar-refractivity contribution in [1.29, 1.82) is 0 Å². The van der Waals surface area contributed by atoms with Crippen LogP contribution in [0.25, 0.3) is 5.65 Å². The molecule has 2 aromatic heterocycles. The molecule has 0 spiro atoms. The van der Waals surface area contributed by atoms with E-state index in [0.29, 0.717) is 23.6 Å². The number of halogens is 1.